The van der Waals surface area contributed by atoms with Crippen LogP contribution in [0.1, 0.15) is 79.3 Å². The van der Waals surface area contributed by atoms with Crippen molar-refractivity contribution >= 4 is 17.3 Å². The van der Waals surface area contributed by atoms with E-state index in [2.05, 4.69) is 65.8 Å². The van der Waals surface area contributed by atoms with Gasteiger partial charge in [-0.1, -0.05) is 25.3 Å². The molecule has 0 aromatic carbocycles. The summed E-state index contributed by atoms with van der Waals surface area (Å²) in [5.74, 6) is 0. The van der Waals surface area contributed by atoms with Gasteiger partial charge in [0, 0.05) is 30.2 Å². The van der Waals surface area contributed by atoms with E-state index >= 15 is 0 Å². The molecule has 0 radical (unpaired) electrons. The zero-order chi connectivity index (χ0) is 22.0. The third-order valence-corrected chi connectivity index (χ3v) is 7.34. The SMILES string of the molecule is Cc1cc([C@H]2[C@@H](c3ccccn3)NC(=S)N2CCCN(C)C)c(C)n1C1CCCCC1. The highest BCUT2D eigenvalue weighted by Gasteiger charge is 2.41. The van der Waals surface area contributed by atoms with Crippen molar-refractivity contribution < 1.29 is 0 Å². The van der Waals surface area contributed by atoms with Crippen molar-refractivity contribution in [1.29, 1.82) is 0 Å². The van der Waals surface area contributed by atoms with Gasteiger partial charge in [-0.25, -0.2) is 0 Å². The number of aryl methyl sites for hydroxylation is 1. The second kappa shape index (κ2) is 9.70. The van der Waals surface area contributed by atoms with Gasteiger partial charge in [0.15, 0.2) is 5.11 Å². The van der Waals surface area contributed by atoms with Gasteiger partial charge in [-0.05, 0) is 89.7 Å². The minimum Gasteiger partial charge on any atom is -0.352 e. The summed E-state index contributed by atoms with van der Waals surface area (Å²) in [5, 5.41) is 4.46. The highest BCUT2D eigenvalue weighted by molar-refractivity contribution is 7.80. The number of nitrogens with zero attached hydrogens (tertiary/aromatic N) is 4. The molecule has 0 bridgehead atoms. The number of nitrogens with one attached hydrogen (secondary N) is 1. The summed E-state index contributed by atoms with van der Waals surface area (Å²) in [6, 6.07) is 9.48. The van der Waals surface area contributed by atoms with Crippen LogP contribution in [0.2, 0.25) is 0 Å². The molecule has 1 saturated carbocycles. The first-order valence-corrected chi connectivity index (χ1v) is 12.2. The van der Waals surface area contributed by atoms with Crippen molar-refractivity contribution in [3.8, 4) is 0 Å². The van der Waals surface area contributed by atoms with Crippen molar-refractivity contribution in [3.63, 3.8) is 0 Å². The minimum absolute atomic E-state index is 0.0772. The number of rotatable bonds is 7. The van der Waals surface area contributed by atoms with Crippen LogP contribution in [-0.2, 0) is 0 Å². The fraction of sp³-hybridized carbons (Fsp3) is 0.600. The Bertz CT molecular complexity index is 885. The predicted molar refractivity (Wildman–Crippen MR) is 131 cm³/mol. The largest absolute Gasteiger partial charge is 0.352 e. The van der Waals surface area contributed by atoms with E-state index in [0.29, 0.717) is 6.04 Å². The maximum Gasteiger partial charge on any atom is 0.170 e. The number of hydrogen-bond donors (Lipinski definition) is 1. The van der Waals surface area contributed by atoms with Crippen LogP contribution in [0.4, 0.5) is 0 Å². The molecule has 2 aromatic rings. The molecule has 3 heterocycles. The molecule has 5 nitrogen and oxygen atoms in total. The molecule has 2 aromatic heterocycles. The maximum absolute atomic E-state index is 5.85. The first-order valence-electron chi connectivity index (χ1n) is 11.8. The summed E-state index contributed by atoms with van der Waals surface area (Å²) < 4.78 is 2.61. The van der Waals surface area contributed by atoms with Gasteiger partial charge in [-0.15, -0.1) is 0 Å². The molecule has 0 amide bonds. The summed E-state index contributed by atoms with van der Waals surface area (Å²) in [4.78, 5) is 9.35. The van der Waals surface area contributed by atoms with Gasteiger partial charge in [0.1, 0.15) is 0 Å². The van der Waals surface area contributed by atoms with E-state index in [0.717, 1.165) is 30.3 Å². The number of pyridine rings is 1. The summed E-state index contributed by atoms with van der Waals surface area (Å²) in [6.45, 7) is 6.59. The molecule has 0 spiro atoms. The molecule has 2 aliphatic rings. The summed E-state index contributed by atoms with van der Waals surface area (Å²) in [7, 11) is 4.26. The second-order valence-electron chi connectivity index (χ2n) is 9.47. The quantitative estimate of drug-likeness (QED) is 0.619. The summed E-state index contributed by atoms with van der Waals surface area (Å²) in [6.07, 6.45) is 9.64. The maximum atomic E-state index is 5.85. The van der Waals surface area contributed by atoms with E-state index in [1.807, 2.05) is 12.3 Å². The van der Waals surface area contributed by atoms with Gasteiger partial charge in [-0.2, -0.15) is 0 Å². The molecule has 1 aliphatic carbocycles. The zero-order valence-corrected chi connectivity index (χ0v) is 20.3. The van der Waals surface area contributed by atoms with Crippen LogP contribution in [0.15, 0.2) is 30.5 Å². The lowest BCUT2D eigenvalue weighted by Crippen LogP contribution is -2.32. The average Bonchev–Trinajstić information content (AvgIpc) is 3.24. The lowest BCUT2D eigenvalue weighted by molar-refractivity contribution is 0.290. The van der Waals surface area contributed by atoms with Gasteiger partial charge < -0.3 is 19.7 Å². The Kier molecular flexibility index (Phi) is 6.97. The first-order chi connectivity index (χ1) is 15.0. The molecule has 2 fully saturated rings. The van der Waals surface area contributed by atoms with Crippen molar-refractivity contribution in [2.45, 2.75) is 70.5 Å². The smallest absolute Gasteiger partial charge is 0.170 e. The van der Waals surface area contributed by atoms with E-state index in [1.165, 1.54) is 49.1 Å². The molecule has 1 aliphatic heterocycles. The summed E-state index contributed by atoms with van der Waals surface area (Å²) in [5.41, 5.74) is 5.24. The van der Waals surface area contributed by atoms with Gasteiger partial charge in [0.2, 0.25) is 0 Å². The Balaban J connectivity index is 1.70. The third-order valence-electron chi connectivity index (χ3n) is 6.98. The third kappa shape index (κ3) is 4.65. The standard InChI is InChI=1S/C25H37N5S/c1-18-17-21(19(2)30(18)20-11-6-5-7-12-20)24-23(22-13-8-9-14-26-22)27-25(31)29(24)16-10-15-28(3)4/h8-9,13-14,17,20,23-24H,5-7,10-12,15-16H2,1-4H3,(H,27,31)/t23-,24+/m1/s1. The zero-order valence-electron chi connectivity index (χ0n) is 19.5. The van der Waals surface area contributed by atoms with Crippen LogP contribution in [-0.4, -0.2) is 51.6 Å². The fourth-order valence-corrected chi connectivity index (χ4v) is 5.88. The van der Waals surface area contributed by atoms with E-state index in [-0.39, 0.29) is 12.1 Å². The normalized spacial score (nSPS) is 22.4. The van der Waals surface area contributed by atoms with Gasteiger partial charge in [0.05, 0.1) is 17.8 Å². The van der Waals surface area contributed by atoms with Crippen LogP contribution >= 0.6 is 12.2 Å². The molecule has 1 saturated heterocycles. The Morgan fingerprint density at radius 1 is 1.16 bits per heavy atom. The monoisotopic (exact) mass is 439 g/mol. The summed E-state index contributed by atoms with van der Waals surface area (Å²) >= 11 is 5.85. The first kappa shape index (κ1) is 22.3. The molecule has 0 unspecified atom stereocenters. The molecule has 2 atom stereocenters. The van der Waals surface area contributed by atoms with Crippen LogP contribution in [0.3, 0.4) is 0 Å². The Morgan fingerprint density at radius 2 is 1.94 bits per heavy atom. The lowest BCUT2D eigenvalue weighted by Gasteiger charge is -2.30. The van der Waals surface area contributed by atoms with Gasteiger partial charge in [-0.3, -0.25) is 4.98 Å². The molecule has 168 valence electrons. The van der Waals surface area contributed by atoms with E-state index in [4.69, 9.17) is 17.2 Å². The van der Waals surface area contributed by atoms with Crippen LogP contribution in [0, 0.1) is 13.8 Å². The molecule has 6 heteroatoms. The predicted octanol–water partition coefficient (Wildman–Crippen LogP) is 4.93. The Morgan fingerprint density at radius 3 is 2.61 bits per heavy atom. The van der Waals surface area contributed by atoms with E-state index in [9.17, 15) is 0 Å². The second-order valence-corrected chi connectivity index (χ2v) is 9.85. The van der Waals surface area contributed by atoms with Crippen molar-refractivity contribution in [2.75, 3.05) is 27.2 Å². The lowest BCUT2D eigenvalue weighted by atomic mass is 9.94. The van der Waals surface area contributed by atoms with Crippen LogP contribution in [0.25, 0.3) is 0 Å². The molecule has 31 heavy (non-hydrogen) atoms. The van der Waals surface area contributed by atoms with Crippen molar-refractivity contribution in [2.24, 2.45) is 0 Å². The van der Waals surface area contributed by atoms with Crippen LogP contribution in [0.5, 0.6) is 0 Å². The minimum atomic E-state index is 0.0772. The number of thiocarbonyl (C=S) groups is 1. The highest BCUT2D eigenvalue weighted by atomic mass is 32.1. The van der Waals surface area contributed by atoms with Gasteiger partial charge >= 0.3 is 0 Å². The Hall–Kier alpha value is -1.92. The number of hydrogen-bond acceptors (Lipinski definition) is 3. The highest BCUT2D eigenvalue weighted by Crippen LogP contribution is 2.42. The van der Waals surface area contributed by atoms with E-state index in [1.54, 1.807) is 0 Å². The molecular weight excluding hydrogens is 402 g/mol. The fourth-order valence-electron chi connectivity index (χ4n) is 5.55. The van der Waals surface area contributed by atoms with Gasteiger partial charge in [0.25, 0.3) is 0 Å². The van der Waals surface area contributed by atoms with Crippen LogP contribution < -0.4 is 5.32 Å². The van der Waals surface area contributed by atoms with Crippen molar-refractivity contribution in [1.82, 2.24) is 24.7 Å². The average molecular weight is 440 g/mol. The molecular formula is C25H37N5S. The van der Waals surface area contributed by atoms with E-state index < -0.39 is 0 Å². The topological polar surface area (TPSA) is 36.3 Å². The molecule has 4 rings (SSSR count). The Labute approximate surface area is 192 Å². The molecule has 1 N–H and O–H groups in total. The van der Waals surface area contributed by atoms with Crippen molar-refractivity contribution in [3.05, 3.63) is 53.1 Å². The number of aromatic nitrogens is 2.